The van der Waals surface area contributed by atoms with E-state index in [1.54, 1.807) is 7.05 Å². The number of carbonyl (C=O) groups excluding carboxylic acids is 2. The van der Waals surface area contributed by atoms with Crippen molar-refractivity contribution in [3.05, 3.63) is 63.1 Å². The SMILES string of the molecule is CN(Cc1nc2ccccc2s1)C(=O)COC(=O)c1ccc(Cl)c(Cl)c1. The van der Waals surface area contributed by atoms with Crippen molar-refractivity contribution >= 4 is 56.6 Å². The predicted octanol–water partition coefficient (Wildman–Crippen LogP) is 4.42. The molecule has 0 aliphatic heterocycles. The fourth-order valence-corrected chi connectivity index (χ4v) is 3.54. The summed E-state index contributed by atoms with van der Waals surface area (Å²) in [5.74, 6) is -0.956. The third kappa shape index (κ3) is 4.33. The quantitative estimate of drug-likeness (QED) is 0.586. The Morgan fingerprint density at radius 3 is 2.65 bits per heavy atom. The first-order valence-electron chi connectivity index (χ1n) is 7.64. The summed E-state index contributed by atoms with van der Waals surface area (Å²) in [5, 5.41) is 1.41. The molecule has 26 heavy (non-hydrogen) atoms. The monoisotopic (exact) mass is 408 g/mol. The van der Waals surface area contributed by atoms with Gasteiger partial charge in [0, 0.05) is 7.05 Å². The molecule has 8 heteroatoms. The number of rotatable bonds is 5. The number of thiazole rings is 1. The van der Waals surface area contributed by atoms with Crippen molar-refractivity contribution in [2.45, 2.75) is 6.54 Å². The van der Waals surface area contributed by atoms with Crippen LogP contribution in [0.1, 0.15) is 15.4 Å². The van der Waals surface area contributed by atoms with Crippen molar-refractivity contribution in [2.24, 2.45) is 0 Å². The number of hydrogen-bond donors (Lipinski definition) is 0. The van der Waals surface area contributed by atoms with E-state index in [1.807, 2.05) is 24.3 Å². The molecular formula is C18H14Cl2N2O3S. The van der Waals surface area contributed by atoms with E-state index in [2.05, 4.69) is 4.98 Å². The fourth-order valence-electron chi connectivity index (χ4n) is 2.22. The van der Waals surface area contributed by atoms with Crippen LogP contribution in [0.2, 0.25) is 10.0 Å². The van der Waals surface area contributed by atoms with Crippen LogP contribution in [-0.2, 0) is 16.1 Å². The van der Waals surface area contributed by atoms with Crippen LogP contribution in [0.15, 0.2) is 42.5 Å². The maximum atomic E-state index is 12.2. The Labute approximate surface area is 164 Å². The van der Waals surface area contributed by atoms with Gasteiger partial charge >= 0.3 is 5.97 Å². The summed E-state index contributed by atoms with van der Waals surface area (Å²) in [7, 11) is 1.64. The number of hydrogen-bond acceptors (Lipinski definition) is 5. The second kappa shape index (κ2) is 8.03. The van der Waals surface area contributed by atoms with Crippen molar-refractivity contribution in [1.82, 2.24) is 9.88 Å². The van der Waals surface area contributed by atoms with Gasteiger partial charge in [0.25, 0.3) is 5.91 Å². The smallest absolute Gasteiger partial charge is 0.338 e. The van der Waals surface area contributed by atoms with E-state index < -0.39 is 5.97 Å². The van der Waals surface area contributed by atoms with Crippen LogP contribution >= 0.6 is 34.5 Å². The largest absolute Gasteiger partial charge is 0.452 e. The van der Waals surface area contributed by atoms with Crippen LogP contribution in [-0.4, -0.2) is 35.4 Å². The maximum Gasteiger partial charge on any atom is 0.338 e. The summed E-state index contributed by atoms with van der Waals surface area (Å²) < 4.78 is 6.12. The van der Waals surface area contributed by atoms with Gasteiger partial charge in [-0.3, -0.25) is 4.79 Å². The molecule has 0 spiro atoms. The van der Waals surface area contributed by atoms with Gasteiger partial charge in [-0.2, -0.15) is 0 Å². The molecule has 0 fully saturated rings. The second-order valence-corrected chi connectivity index (χ2v) is 7.46. The highest BCUT2D eigenvalue weighted by atomic mass is 35.5. The summed E-state index contributed by atoms with van der Waals surface area (Å²) >= 11 is 13.2. The fraction of sp³-hybridized carbons (Fsp3) is 0.167. The zero-order chi connectivity index (χ0) is 18.7. The van der Waals surface area contributed by atoms with Crippen molar-refractivity contribution in [3.8, 4) is 0 Å². The Hall–Kier alpha value is -2.15. The molecule has 0 aliphatic carbocycles. The summed E-state index contributed by atoms with van der Waals surface area (Å²) in [5.41, 5.74) is 1.14. The van der Waals surface area contributed by atoms with E-state index in [9.17, 15) is 9.59 Å². The van der Waals surface area contributed by atoms with Crippen LogP contribution in [0.25, 0.3) is 10.2 Å². The molecular weight excluding hydrogens is 395 g/mol. The van der Waals surface area contributed by atoms with Crippen molar-refractivity contribution < 1.29 is 14.3 Å². The average molecular weight is 409 g/mol. The number of aromatic nitrogens is 1. The van der Waals surface area contributed by atoms with Crippen LogP contribution < -0.4 is 0 Å². The summed E-state index contributed by atoms with van der Waals surface area (Å²) in [4.78, 5) is 30.2. The molecule has 3 rings (SSSR count). The van der Waals surface area contributed by atoms with Crippen LogP contribution in [0, 0.1) is 0 Å². The van der Waals surface area contributed by atoms with E-state index in [-0.39, 0.29) is 23.1 Å². The number of likely N-dealkylation sites (N-methyl/N-ethyl adjacent to an activating group) is 1. The molecule has 0 N–H and O–H groups in total. The minimum absolute atomic E-state index is 0.237. The Kier molecular flexibility index (Phi) is 5.76. The minimum atomic E-state index is -0.634. The molecule has 0 saturated carbocycles. The highest BCUT2D eigenvalue weighted by Gasteiger charge is 2.16. The number of benzene rings is 2. The molecule has 134 valence electrons. The van der Waals surface area contributed by atoms with Crippen LogP contribution in [0.3, 0.4) is 0 Å². The number of para-hydroxylation sites is 1. The Balaban J connectivity index is 1.56. The number of esters is 1. The maximum absolute atomic E-state index is 12.2. The number of nitrogens with zero attached hydrogens (tertiary/aromatic N) is 2. The van der Waals surface area contributed by atoms with E-state index >= 15 is 0 Å². The lowest BCUT2D eigenvalue weighted by atomic mass is 10.2. The highest BCUT2D eigenvalue weighted by Crippen LogP contribution is 2.23. The van der Waals surface area contributed by atoms with Gasteiger partial charge in [-0.25, -0.2) is 9.78 Å². The number of halogens is 2. The molecule has 0 bridgehead atoms. The van der Waals surface area contributed by atoms with E-state index in [0.717, 1.165) is 15.2 Å². The normalized spacial score (nSPS) is 10.7. The molecule has 0 unspecified atom stereocenters. The van der Waals surface area contributed by atoms with Gasteiger partial charge in [0.1, 0.15) is 5.01 Å². The molecule has 1 amide bonds. The number of carbonyl (C=O) groups is 2. The van der Waals surface area contributed by atoms with Gasteiger partial charge in [-0.05, 0) is 30.3 Å². The average Bonchev–Trinajstić information content (AvgIpc) is 3.03. The molecule has 5 nitrogen and oxygen atoms in total. The molecule has 1 heterocycles. The van der Waals surface area contributed by atoms with Gasteiger partial charge in [-0.1, -0.05) is 35.3 Å². The lowest BCUT2D eigenvalue weighted by Crippen LogP contribution is -2.30. The van der Waals surface area contributed by atoms with E-state index in [1.165, 1.54) is 34.4 Å². The zero-order valence-electron chi connectivity index (χ0n) is 13.7. The first-order valence-corrected chi connectivity index (χ1v) is 9.22. The second-order valence-electron chi connectivity index (χ2n) is 5.53. The van der Waals surface area contributed by atoms with E-state index in [0.29, 0.717) is 11.6 Å². The van der Waals surface area contributed by atoms with Gasteiger partial charge < -0.3 is 9.64 Å². The number of ether oxygens (including phenoxy) is 1. The Morgan fingerprint density at radius 1 is 1.15 bits per heavy atom. The van der Waals surface area contributed by atoms with Crippen LogP contribution in [0.5, 0.6) is 0 Å². The van der Waals surface area contributed by atoms with Crippen molar-refractivity contribution in [2.75, 3.05) is 13.7 Å². The van der Waals surface area contributed by atoms with E-state index in [4.69, 9.17) is 27.9 Å². The topological polar surface area (TPSA) is 59.5 Å². The van der Waals surface area contributed by atoms with Crippen molar-refractivity contribution in [3.63, 3.8) is 0 Å². The molecule has 0 aliphatic rings. The number of amides is 1. The standard InChI is InChI=1S/C18H14Cl2N2O3S/c1-22(9-16-21-14-4-2-3-5-15(14)26-16)17(23)10-25-18(24)11-6-7-12(19)13(20)8-11/h2-8H,9-10H2,1H3. The third-order valence-corrected chi connectivity index (χ3v) is 5.38. The van der Waals surface area contributed by atoms with Crippen LogP contribution in [0.4, 0.5) is 0 Å². The van der Waals surface area contributed by atoms with Gasteiger partial charge in [0.05, 0.1) is 32.4 Å². The summed E-state index contributed by atoms with van der Waals surface area (Å²) in [6, 6.07) is 12.2. The molecule has 0 radical (unpaired) electrons. The summed E-state index contributed by atoms with van der Waals surface area (Å²) in [6.45, 7) is -0.0109. The Morgan fingerprint density at radius 2 is 1.92 bits per heavy atom. The van der Waals surface area contributed by atoms with Gasteiger partial charge in [0.15, 0.2) is 6.61 Å². The molecule has 3 aromatic rings. The highest BCUT2D eigenvalue weighted by molar-refractivity contribution is 7.18. The van der Waals surface area contributed by atoms with Crippen molar-refractivity contribution in [1.29, 1.82) is 0 Å². The molecule has 2 aromatic carbocycles. The number of fused-ring (bicyclic) bond motifs is 1. The summed E-state index contributed by atoms with van der Waals surface area (Å²) in [6.07, 6.45) is 0. The predicted molar refractivity (Wildman–Crippen MR) is 103 cm³/mol. The lowest BCUT2D eigenvalue weighted by Gasteiger charge is -2.15. The first-order chi connectivity index (χ1) is 12.4. The molecule has 1 aromatic heterocycles. The van der Waals surface area contributed by atoms with Gasteiger partial charge in [0.2, 0.25) is 0 Å². The van der Waals surface area contributed by atoms with Gasteiger partial charge in [-0.15, -0.1) is 11.3 Å². The minimum Gasteiger partial charge on any atom is -0.452 e. The molecule has 0 atom stereocenters. The Bertz CT molecular complexity index is 941. The zero-order valence-corrected chi connectivity index (χ0v) is 16.1. The lowest BCUT2D eigenvalue weighted by molar-refractivity contribution is -0.133. The first kappa shape index (κ1) is 18.6. The molecule has 0 saturated heterocycles. The third-order valence-electron chi connectivity index (χ3n) is 3.62.